The number of rotatable bonds is 49. The largest absolute Gasteiger partial charge is 0.462 e. The second kappa shape index (κ2) is 55.9. The van der Waals surface area contributed by atoms with Crippen molar-refractivity contribution in [3.05, 3.63) is 109 Å². The zero-order valence-electron chi connectivity index (χ0n) is 43.2. The molecule has 0 aromatic heterocycles. The zero-order valence-corrected chi connectivity index (χ0v) is 43.2. The van der Waals surface area contributed by atoms with E-state index in [1.807, 2.05) is 0 Å². The van der Waals surface area contributed by atoms with E-state index in [-0.39, 0.29) is 25.2 Å². The molecule has 0 aromatic rings. The highest BCUT2D eigenvalue weighted by Gasteiger charge is 2.17. The van der Waals surface area contributed by atoms with Crippen molar-refractivity contribution >= 4 is 11.9 Å². The fourth-order valence-corrected chi connectivity index (χ4v) is 7.25. The van der Waals surface area contributed by atoms with Crippen molar-refractivity contribution < 1.29 is 23.8 Å². The Balaban J connectivity index is 4.39. The first-order valence-corrected chi connectivity index (χ1v) is 27.4. The Bertz CT molecular complexity index is 1310. The van der Waals surface area contributed by atoms with Crippen LogP contribution in [0.3, 0.4) is 0 Å². The predicted molar refractivity (Wildman–Crippen MR) is 288 cm³/mol. The Kier molecular flexibility index (Phi) is 53.0. The van der Waals surface area contributed by atoms with Gasteiger partial charge in [0.2, 0.25) is 0 Å². The van der Waals surface area contributed by atoms with E-state index in [4.69, 9.17) is 14.2 Å². The minimum atomic E-state index is -0.568. The summed E-state index contributed by atoms with van der Waals surface area (Å²) < 4.78 is 17.4. The molecule has 0 aliphatic carbocycles. The molecule has 0 aliphatic heterocycles. The second-order valence-corrected chi connectivity index (χ2v) is 17.7. The van der Waals surface area contributed by atoms with Crippen LogP contribution in [0.5, 0.6) is 0 Å². The van der Waals surface area contributed by atoms with Crippen LogP contribution in [0, 0.1) is 0 Å². The molecular formula is C61H102O5. The number of allylic oxidation sites excluding steroid dienone is 18. The summed E-state index contributed by atoms with van der Waals surface area (Å²) in [6.07, 6.45) is 76.7. The number of hydrogen-bond acceptors (Lipinski definition) is 5. The molecule has 0 bridgehead atoms. The molecule has 0 N–H and O–H groups in total. The van der Waals surface area contributed by atoms with Gasteiger partial charge in [-0.25, -0.2) is 0 Å². The Morgan fingerprint density at radius 3 is 1.11 bits per heavy atom. The van der Waals surface area contributed by atoms with Gasteiger partial charge >= 0.3 is 11.9 Å². The highest BCUT2D eigenvalue weighted by molar-refractivity contribution is 5.70. The molecule has 5 nitrogen and oxygen atoms in total. The lowest BCUT2D eigenvalue weighted by atomic mass is 10.1. The summed E-state index contributed by atoms with van der Waals surface area (Å²) >= 11 is 0. The third-order valence-electron chi connectivity index (χ3n) is 11.3. The number of hydrogen-bond donors (Lipinski definition) is 0. The first kappa shape index (κ1) is 62.6. The third kappa shape index (κ3) is 53.2. The lowest BCUT2D eigenvalue weighted by Crippen LogP contribution is -2.30. The number of unbranched alkanes of at least 4 members (excludes halogenated alkanes) is 20. The number of carbonyl (C=O) groups is 2. The monoisotopic (exact) mass is 915 g/mol. The van der Waals surface area contributed by atoms with Crippen LogP contribution >= 0.6 is 0 Å². The van der Waals surface area contributed by atoms with Crippen molar-refractivity contribution in [2.24, 2.45) is 0 Å². The van der Waals surface area contributed by atoms with Crippen LogP contribution in [0.15, 0.2) is 109 Å². The fraction of sp³-hybridized carbons (Fsp3) is 0.672. The van der Waals surface area contributed by atoms with Gasteiger partial charge in [0.05, 0.1) is 6.61 Å². The van der Waals surface area contributed by atoms with Gasteiger partial charge in [0.15, 0.2) is 6.10 Å². The molecule has 1 unspecified atom stereocenters. The summed E-state index contributed by atoms with van der Waals surface area (Å²) in [6, 6.07) is 0. The first-order chi connectivity index (χ1) is 32.6. The normalized spacial score (nSPS) is 13.1. The molecule has 0 rings (SSSR count). The van der Waals surface area contributed by atoms with Gasteiger partial charge in [0.1, 0.15) is 6.61 Å². The molecule has 0 fully saturated rings. The molecule has 0 amide bonds. The Morgan fingerprint density at radius 2 is 0.682 bits per heavy atom. The standard InChI is InChI=1S/C61H102O5/c1-4-7-10-13-16-19-22-25-28-30-32-35-38-41-44-47-50-53-56-64-57-59(66-61(63)55-52-49-46-43-40-37-33-27-24-21-18-15-12-9-6-3)58-65-60(62)54-51-48-45-42-39-36-34-31-29-26-23-20-17-14-11-8-5-2/h7-8,10-11,16-17,19-20,25-29,32-36,59H,4-6,9,12-15,18,21-24,30-31,37-58H2,1-3H3/b10-7-,11-8-,19-16-,20-17-,28-25-,29-26-,33-27-,35-32-,36-34-. The van der Waals surface area contributed by atoms with Gasteiger partial charge in [0.25, 0.3) is 0 Å². The molecule has 0 aromatic carbocycles. The molecule has 0 heterocycles. The van der Waals surface area contributed by atoms with Crippen molar-refractivity contribution in [2.75, 3.05) is 19.8 Å². The molecular weight excluding hydrogens is 813 g/mol. The highest BCUT2D eigenvalue weighted by Crippen LogP contribution is 2.13. The average molecular weight is 915 g/mol. The van der Waals surface area contributed by atoms with Crippen molar-refractivity contribution in [3.8, 4) is 0 Å². The molecule has 0 radical (unpaired) electrons. The summed E-state index contributed by atoms with van der Waals surface area (Å²) in [7, 11) is 0. The molecule has 376 valence electrons. The van der Waals surface area contributed by atoms with Crippen LogP contribution in [0.1, 0.15) is 239 Å². The molecule has 66 heavy (non-hydrogen) atoms. The second-order valence-electron chi connectivity index (χ2n) is 17.7. The van der Waals surface area contributed by atoms with Crippen molar-refractivity contribution in [2.45, 2.75) is 245 Å². The molecule has 0 saturated heterocycles. The van der Waals surface area contributed by atoms with Gasteiger partial charge in [0, 0.05) is 19.4 Å². The van der Waals surface area contributed by atoms with Crippen LogP contribution < -0.4 is 0 Å². The van der Waals surface area contributed by atoms with E-state index in [9.17, 15) is 9.59 Å². The van der Waals surface area contributed by atoms with Gasteiger partial charge < -0.3 is 14.2 Å². The number of esters is 2. The number of ether oxygens (including phenoxy) is 3. The lowest BCUT2D eigenvalue weighted by molar-refractivity contribution is -0.163. The maximum absolute atomic E-state index is 12.8. The molecule has 5 heteroatoms. The Hall–Kier alpha value is -3.44. The smallest absolute Gasteiger partial charge is 0.306 e. The summed E-state index contributed by atoms with van der Waals surface area (Å²) in [5.74, 6) is -0.448. The van der Waals surface area contributed by atoms with E-state index < -0.39 is 6.10 Å². The fourth-order valence-electron chi connectivity index (χ4n) is 7.25. The van der Waals surface area contributed by atoms with Crippen molar-refractivity contribution in [1.29, 1.82) is 0 Å². The maximum atomic E-state index is 12.8. The van der Waals surface area contributed by atoms with E-state index in [1.165, 1.54) is 77.0 Å². The summed E-state index contributed by atoms with van der Waals surface area (Å²) in [5, 5.41) is 0. The maximum Gasteiger partial charge on any atom is 0.306 e. The van der Waals surface area contributed by atoms with Crippen LogP contribution in [0.2, 0.25) is 0 Å². The minimum Gasteiger partial charge on any atom is -0.462 e. The molecule has 0 spiro atoms. The zero-order chi connectivity index (χ0) is 47.7. The summed E-state index contributed by atoms with van der Waals surface area (Å²) in [5.41, 5.74) is 0. The van der Waals surface area contributed by atoms with Crippen LogP contribution in [-0.2, 0) is 23.8 Å². The van der Waals surface area contributed by atoms with Gasteiger partial charge in [-0.15, -0.1) is 0 Å². The third-order valence-corrected chi connectivity index (χ3v) is 11.3. The quantitative estimate of drug-likeness (QED) is 0.0346. The van der Waals surface area contributed by atoms with Gasteiger partial charge in [-0.2, -0.15) is 0 Å². The molecule has 1 atom stereocenters. The van der Waals surface area contributed by atoms with E-state index in [1.54, 1.807) is 0 Å². The van der Waals surface area contributed by atoms with Crippen LogP contribution in [0.25, 0.3) is 0 Å². The first-order valence-electron chi connectivity index (χ1n) is 27.4. The van der Waals surface area contributed by atoms with E-state index >= 15 is 0 Å². The Labute approximate surface area is 408 Å². The molecule has 0 saturated carbocycles. The van der Waals surface area contributed by atoms with Crippen LogP contribution in [-0.4, -0.2) is 37.9 Å². The lowest BCUT2D eigenvalue weighted by Gasteiger charge is -2.18. The highest BCUT2D eigenvalue weighted by atomic mass is 16.6. The predicted octanol–water partition coefficient (Wildman–Crippen LogP) is 18.8. The SMILES string of the molecule is CC/C=C\C/C=C\C/C=C\C/C=C\CCCCCCCOCC(COC(=O)CCCCCC/C=C\C/C=C\C/C=C\C/C=C\CC)OC(=O)CCCCCCC/C=C\CCCCCCCC. The van der Waals surface area contributed by atoms with E-state index in [2.05, 4.69) is 130 Å². The van der Waals surface area contributed by atoms with Gasteiger partial charge in [-0.05, 0) is 122 Å². The van der Waals surface area contributed by atoms with Crippen molar-refractivity contribution in [1.82, 2.24) is 0 Å². The Morgan fingerprint density at radius 1 is 0.348 bits per heavy atom. The van der Waals surface area contributed by atoms with Crippen LogP contribution in [0.4, 0.5) is 0 Å². The topological polar surface area (TPSA) is 61.8 Å². The summed E-state index contributed by atoms with van der Waals surface area (Å²) in [4.78, 5) is 25.5. The number of carbonyl (C=O) groups excluding carboxylic acids is 2. The minimum absolute atomic E-state index is 0.0556. The van der Waals surface area contributed by atoms with Crippen molar-refractivity contribution in [3.63, 3.8) is 0 Å². The summed E-state index contributed by atoms with van der Waals surface area (Å²) in [6.45, 7) is 7.52. The van der Waals surface area contributed by atoms with Gasteiger partial charge in [-0.1, -0.05) is 214 Å². The average Bonchev–Trinajstić information content (AvgIpc) is 3.32. The van der Waals surface area contributed by atoms with E-state index in [0.717, 1.165) is 128 Å². The van der Waals surface area contributed by atoms with Gasteiger partial charge in [-0.3, -0.25) is 9.59 Å². The van der Waals surface area contributed by atoms with E-state index in [0.29, 0.717) is 19.4 Å². The molecule has 0 aliphatic rings.